The molecule has 3 N–H and O–H groups in total. The Morgan fingerprint density at radius 3 is 2.53 bits per heavy atom. The first-order valence-corrected chi connectivity index (χ1v) is 7.03. The van der Waals surface area contributed by atoms with Gasteiger partial charge in [-0.1, -0.05) is 11.6 Å². The van der Waals surface area contributed by atoms with E-state index in [0.29, 0.717) is 5.56 Å². The maximum absolute atomic E-state index is 11.6. The number of halogens is 1. The van der Waals surface area contributed by atoms with Crippen LogP contribution in [0.5, 0.6) is 5.75 Å². The minimum atomic E-state index is -3.49. The summed E-state index contributed by atoms with van der Waals surface area (Å²) in [6.07, 6.45) is 0.0821. The third-order valence-electron chi connectivity index (χ3n) is 2.24. The highest BCUT2D eigenvalue weighted by atomic mass is 35.5. The molecule has 0 heterocycles. The van der Waals surface area contributed by atoms with E-state index in [4.69, 9.17) is 22.1 Å². The summed E-state index contributed by atoms with van der Waals surface area (Å²) in [6, 6.07) is 2.75. The van der Waals surface area contributed by atoms with Crippen LogP contribution in [-0.2, 0) is 9.84 Å². The molecule has 96 valence electrons. The molecule has 0 aliphatic rings. The second-order valence-corrected chi connectivity index (χ2v) is 5.95. The predicted molar refractivity (Wildman–Crippen MR) is 65.1 cm³/mol. The zero-order valence-electron chi connectivity index (χ0n) is 9.47. The lowest BCUT2D eigenvalue weighted by Crippen LogP contribution is -2.13. The van der Waals surface area contributed by atoms with E-state index >= 15 is 0 Å². The molecule has 7 heteroatoms. The molecule has 0 amide bonds. The Kier molecular flexibility index (Phi) is 4.37. The fourth-order valence-electron chi connectivity index (χ4n) is 1.39. The molecule has 0 saturated heterocycles. The number of benzene rings is 1. The number of aliphatic hydroxyl groups is 1. The van der Waals surface area contributed by atoms with Gasteiger partial charge < -0.3 is 15.6 Å². The van der Waals surface area contributed by atoms with Crippen LogP contribution in [0.1, 0.15) is 11.7 Å². The van der Waals surface area contributed by atoms with Gasteiger partial charge in [0.25, 0.3) is 0 Å². The minimum Gasteiger partial charge on any atom is -0.494 e. The Bertz CT molecular complexity index is 515. The standard InChI is InChI=1S/C10H14ClNO4S/c1-16-10-7(11)3-6(8(13)5-12)4-9(10)17(2,14)15/h3-4,8,13H,5,12H2,1-2H3. The van der Waals surface area contributed by atoms with Crippen molar-refractivity contribution in [3.05, 3.63) is 22.7 Å². The maximum Gasteiger partial charge on any atom is 0.179 e. The largest absolute Gasteiger partial charge is 0.494 e. The van der Waals surface area contributed by atoms with Crippen molar-refractivity contribution in [3.8, 4) is 5.75 Å². The highest BCUT2D eigenvalue weighted by Crippen LogP contribution is 2.34. The van der Waals surface area contributed by atoms with Gasteiger partial charge in [-0.05, 0) is 17.7 Å². The van der Waals surface area contributed by atoms with Crippen molar-refractivity contribution in [2.24, 2.45) is 5.73 Å². The summed E-state index contributed by atoms with van der Waals surface area (Å²) < 4.78 is 28.1. The number of sulfone groups is 1. The molecule has 0 aliphatic heterocycles. The third-order valence-corrected chi connectivity index (χ3v) is 3.63. The lowest BCUT2D eigenvalue weighted by atomic mass is 10.1. The average Bonchev–Trinajstić information content (AvgIpc) is 2.25. The van der Waals surface area contributed by atoms with E-state index in [9.17, 15) is 13.5 Å². The number of rotatable bonds is 4. The molecule has 1 aromatic carbocycles. The molecule has 0 radical (unpaired) electrons. The highest BCUT2D eigenvalue weighted by Gasteiger charge is 2.20. The zero-order chi connectivity index (χ0) is 13.2. The second-order valence-electron chi connectivity index (χ2n) is 3.56. The Labute approximate surface area is 105 Å². The average molecular weight is 280 g/mol. The van der Waals surface area contributed by atoms with E-state index in [1.807, 2.05) is 0 Å². The van der Waals surface area contributed by atoms with Gasteiger partial charge in [0, 0.05) is 12.8 Å². The lowest BCUT2D eigenvalue weighted by Gasteiger charge is -2.14. The van der Waals surface area contributed by atoms with E-state index in [-0.39, 0.29) is 22.2 Å². The molecule has 0 spiro atoms. The summed E-state index contributed by atoms with van der Waals surface area (Å²) in [4.78, 5) is -0.0602. The van der Waals surface area contributed by atoms with Crippen molar-refractivity contribution in [3.63, 3.8) is 0 Å². The van der Waals surface area contributed by atoms with E-state index in [2.05, 4.69) is 0 Å². The molecule has 1 atom stereocenters. The van der Waals surface area contributed by atoms with Gasteiger partial charge in [-0.15, -0.1) is 0 Å². The van der Waals surface area contributed by atoms with Crippen LogP contribution in [0.15, 0.2) is 17.0 Å². The molecule has 1 unspecified atom stereocenters. The SMILES string of the molecule is COc1c(Cl)cc(C(O)CN)cc1S(C)(=O)=O. The van der Waals surface area contributed by atoms with Crippen molar-refractivity contribution in [2.45, 2.75) is 11.0 Å². The maximum atomic E-state index is 11.6. The molecular formula is C10H14ClNO4S. The van der Waals surface area contributed by atoms with Crippen LogP contribution in [0.3, 0.4) is 0 Å². The normalized spacial score (nSPS) is 13.5. The van der Waals surface area contributed by atoms with Crippen LogP contribution >= 0.6 is 11.6 Å². The Hall–Kier alpha value is -0.820. The van der Waals surface area contributed by atoms with Crippen molar-refractivity contribution in [1.29, 1.82) is 0 Å². The first-order chi connectivity index (χ1) is 7.81. The molecule has 0 fully saturated rings. The van der Waals surface area contributed by atoms with Crippen molar-refractivity contribution >= 4 is 21.4 Å². The van der Waals surface area contributed by atoms with Gasteiger partial charge in [0.2, 0.25) is 0 Å². The van der Waals surface area contributed by atoms with E-state index in [0.717, 1.165) is 6.26 Å². The molecule has 17 heavy (non-hydrogen) atoms. The fourth-order valence-corrected chi connectivity index (χ4v) is 2.63. The second kappa shape index (κ2) is 5.22. The van der Waals surface area contributed by atoms with Crippen molar-refractivity contribution in [2.75, 3.05) is 19.9 Å². The quantitative estimate of drug-likeness (QED) is 0.849. The molecule has 0 saturated carbocycles. The lowest BCUT2D eigenvalue weighted by molar-refractivity contribution is 0.186. The van der Waals surface area contributed by atoms with Crippen LogP contribution in [0.25, 0.3) is 0 Å². The predicted octanol–water partition coefficient (Wildman–Crippen LogP) is 0.744. The van der Waals surface area contributed by atoms with Gasteiger partial charge in [-0.3, -0.25) is 0 Å². The van der Waals surface area contributed by atoms with Gasteiger partial charge in [0.15, 0.2) is 15.6 Å². The van der Waals surface area contributed by atoms with Crippen LogP contribution in [-0.4, -0.2) is 33.4 Å². The van der Waals surface area contributed by atoms with E-state index in [1.165, 1.54) is 19.2 Å². The monoisotopic (exact) mass is 279 g/mol. The molecule has 1 rings (SSSR count). The van der Waals surface area contributed by atoms with Crippen molar-refractivity contribution < 1.29 is 18.3 Å². The number of hydrogen-bond donors (Lipinski definition) is 2. The van der Waals surface area contributed by atoms with Crippen LogP contribution in [0, 0.1) is 0 Å². The Morgan fingerprint density at radius 1 is 1.53 bits per heavy atom. The molecule has 5 nitrogen and oxygen atoms in total. The zero-order valence-corrected chi connectivity index (χ0v) is 11.0. The van der Waals surface area contributed by atoms with Crippen LogP contribution in [0.2, 0.25) is 5.02 Å². The topological polar surface area (TPSA) is 89.6 Å². The molecular weight excluding hydrogens is 266 g/mol. The van der Waals surface area contributed by atoms with Gasteiger partial charge in [-0.25, -0.2) is 8.42 Å². The number of hydrogen-bond acceptors (Lipinski definition) is 5. The van der Waals surface area contributed by atoms with Gasteiger partial charge in [0.05, 0.1) is 18.2 Å². The van der Waals surface area contributed by atoms with Crippen LogP contribution in [0.4, 0.5) is 0 Å². The Morgan fingerprint density at radius 2 is 2.12 bits per heavy atom. The molecule has 0 aromatic heterocycles. The molecule has 0 bridgehead atoms. The summed E-state index contributed by atoms with van der Waals surface area (Å²) in [6.45, 7) is -0.0220. The first kappa shape index (κ1) is 14.2. The number of ether oxygens (including phenoxy) is 1. The number of aliphatic hydroxyl groups excluding tert-OH is 1. The summed E-state index contributed by atoms with van der Waals surface area (Å²) in [5, 5.41) is 9.71. The Balaban J connectivity index is 3.50. The van der Waals surface area contributed by atoms with E-state index in [1.54, 1.807) is 0 Å². The summed E-state index contributed by atoms with van der Waals surface area (Å²) in [5.74, 6) is 0.0714. The highest BCUT2D eigenvalue weighted by molar-refractivity contribution is 7.90. The minimum absolute atomic E-state index is 0.0220. The molecule has 0 aliphatic carbocycles. The smallest absolute Gasteiger partial charge is 0.179 e. The summed E-state index contributed by atoms with van der Waals surface area (Å²) >= 11 is 5.90. The summed E-state index contributed by atoms with van der Waals surface area (Å²) in [7, 11) is -2.17. The van der Waals surface area contributed by atoms with Crippen molar-refractivity contribution in [1.82, 2.24) is 0 Å². The van der Waals surface area contributed by atoms with Gasteiger partial charge in [-0.2, -0.15) is 0 Å². The van der Waals surface area contributed by atoms with Gasteiger partial charge in [0.1, 0.15) is 4.90 Å². The fraction of sp³-hybridized carbons (Fsp3) is 0.400. The number of methoxy groups -OCH3 is 1. The van der Waals surface area contributed by atoms with E-state index < -0.39 is 15.9 Å². The van der Waals surface area contributed by atoms with Crippen LogP contribution < -0.4 is 10.5 Å². The molecule has 1 aromatic rings. The van der Waals surface area contributed by atoms with Gasteiger partial charge >= 0.3 is 0 Å². The third kappa shape index (κ3) is 3.10. The number of nitrogens with two attached hydrogens (primary N) is 1. The summed E-state index contributed by atoms with van der Waals surface area (Å²) in [5.41, 5.74) is 5.66. The first-order valence-electron chi connectivity index (χ1n) is 4.77.